The predicted molar refractivity (Wildman–Crippen MR) is 80.3 cm³/mol. The third kappa shape index (κ3) is 3.51. The molecule has 1 heterocycles. The van der Waals surface area contributed by atoms with Crippen molar-refractivity contribution in [3.05, 3.63) is 53.9 Å². The topological polar surface area (TPSA) is 60.5 Å². The highest BCUT2D eigenvalue weighted by Crippen LogP contribution is 2.28. The van der Waals surface area contributed by atoms with Crippen molar-refractivity contribution in [2.45, 2.75) is 13.0 Å². The van der Waals surface area contributed by atoms with Crippen molar-refractivity contribution in [3.63, 3.8) is 0 Å². The number of nitrogens with zero attached hydrogens (tertiary/aromatic N) is 1. The molecule has 0 amide bonds. The molecule has 0 aliphatic carbocycles. The first-order chi connectivity index (χ1) is 10.2. The van der Waals surface area contributed by atoms with Crippen molar-refractivity contribution in [1.29, 1.82) is 0 Å². The average Bonchev–Trinajstić information content (AvgIpc) is 2.53. The fraction of sp³-hybridized carbons (Fsp3) is 0.250. The molecule has 2 rings (SSSR count). The van der Waals surface area contributed by atoms with Gasteiger partial charge in [0.2, 0.25) is 0 Å². The molecular weight excluding hydrogens is 268 g/mol. The van der Waals surface area contributed by atoms with Crippen molar-refractivity contribution in [2.24, 2.45) is 0 Å². The maximum absolute atomic E-state index is 12.1. The Morgan fingerprint density at radius 3 is 2.57 bits per heavy atom. The fourth-order valence-electron chi connectivity index (χ4n) is 2.02. The third-order valence-corrected chi connectivity index (χ3v) is 3.09. The summed E-state index contributed by atoms with van der Waals surface area (Å²) in [6.07, 6.45) is 1.62. The minimum atomic E-state index is -0.605. The van der Waals surface area contributed by atoms with Crippen molar-refractivity contribution in [1.82, 2.24) is 4.98 Å². The van der Waals surface area contributed by atoms with Crippen molar-refractivity contribution >= 4 is 11.7 Å². The first-order valence-electron chi connectivity index (χ1n) is 6.55. The molecule has 0 fully saturated rings. The molecule has 0 spiro atoms. The Labute approximate surface area is 123 Å². The quantitative estimate of drug-likeness (QED) is 0.856. The van der Waals surface area contributed by atoms with Crippen LogP contribution in [0.3, 0.4) is 0 Å². The van der Waals surface area contributed by atoms with Gasteiger partial charge in [-0.2, -0.15) is 0 Å². The predicted octanol–water partition coefficient (Wildman–Crippen LogP) is 2.72. The molecule has 0 aliphatic heterocycles. The first kappa shape index (κ1) is 14.8. The largest absolute Gasteiger partial charge is 0.493 e. The Bertz CT molecular complexity index is 614. The van der Waals surface area contributed by atoms with Crippen LogP contribution in [0.2, 0.25) is 0 Å². The van der Waals surface area contributed by atoms with Crippen LogP contribution in [0.4, 0.5) is 5.69 Å². The molecular formula is C16H18N2O3. The summed E-state index contributed by atoms with van der Waals surface area (Å²) in [5, 5.41) is 3.17. The molecule has 1 unspecified atom stereocenters. The van der Waals surface area contributed by atoms with Crippen LogP contribution in [0.1, 0.15) is 17.3 Å². The Kier molecular flexibility index (Phi) is 4.77. The van der Waals surface area contributed by atoms with Crippen molar-refractivity contribution < 1.29 is 14.3 Å². The Hall–Kier alpha value is -2.56. The second kappa shape index (κ2) is 6.74. The van der Waals surface area contributed by atoms with Crippen LogP contribution < -0.4 is 10.1 Å². The second-order valence-corrected chi connectivity index (χ2v) is 4.54. The number of nitrogens with one attached hydrogen (secondary N) is 1. The van der Waals surface area contributed by atoms with Crippen LogP contribution in [0.15, 0.2) is 42.6 Å². The summed E-state index contributed by atoms with van der Waals surface area (Å²) in [6.45, 7) is 1.88. The lowest BCUT2D eigenvalue weighted by Crippen LogP contribution is -2.22. The minimum Gasteiger partial charge on any atom is -0.493 e. The summed E-state index contributed by atoms with van der Waals surface area (Å²) in [5.41, 5.74) is 2.35. The molecule has 110 valence electrons. The maximum atomic E-state index is 12.1. The van der Waals surface area contributed by atoms with E-state index in [9.17, 15) is 4.79 Å². The molecule has 0 saturated heterocycles. The van der Waals surface area contributed by atoms with E-state index in [1.807, 2.05) is 43.3 Å². The summed E-state index contributed by atoms with van der Waals surface area (Å²) in [7, 11) is 2.93. The summed E-state index contributed by atoms with van der Waals surface area (Å²) in [5.74, 6) is 0.211. The van der Waals surface area contributed by atoms with Gasteiger partial charge in [-0.1, -0.05) is 30.3 Å². The number of benzene rings is 1. The van der Waals surface area contributed by atoms with Crippen LogP contribution in [0.25, 0.3) is 0 Å². The number of carbonyl (C=O) groups is 1. The molecule has 21 heavy (non-hydrogen) atoms. The van der Waals surface area contributed by atoms with E-state index < -0.39 is 6.04 Å². The fourth-order valence-corrected chi connectivity index (χ4v) is 2.02. The number of hydrogen-bond donors (Lipinski definition) is 1. The van der Waals surface area contributed by atoms with Gasteiger partial charge in [-0.25, -0.2) is 4.79 Å². The molecule has 1 aromatic heterocycles. The highest BCUT2D eigenvalue weighted by molar-refractivity contribution is 5.81. The molecule has 1 atom stereocenters. The van der Waals surface area contributed by atoms with Crippen LogP contribution in [-0.2, 0) is 9.53 Å². The number of carbonyl (C=O) groups excluding carboxylic acids is 1. The number of pyridine rings is 1. The molecule has 2 aromatic rings. The molecule has 5 heteroatoms. The molecule has 0 radical (unpaired) electrons. The highest BCUT2D eigenvalue weighted by Gasteiger charge is 2.22. The first-order valence-corrected chi connectivity index (χ1v) is 6.55. The number of anilines is 1. The zero-order valence-electron chi connectivity index (χ0n) is 12.3. The summed E-state index contributed by atoms with van der Waals surface area (Å²) >= 11 is 0. The number of rotatable bonds is 5. The van der Waals surface area contributed by atoms with Crippen molar-refractivity contribution in [3.8, 4) is 5.75 Å². The van der Waals surface area contributed by atoms with E-state index >= 15 is 0 Å². The van der Waals surface area contributed by atoms with E-state index in [0.29, 0.717) is 11.4 Å². The van der Waals surface area contributed by atoms with E-state index in [4.69, 9.17) is 9.47 Å². The molecule has 1 N–H and O–H groups in total. The van der Waals surface area contributed by atoms with Gasteiger partial charge in [0.05, 0.1) is 26.1 Å². The van der Waals surface area contributed by atoms with Crippen LogP contribution >= 0.6 is 0 Å². The second-order valence-electron chi connectivity index (χ2n) is 4.54. The minimum absolute atomic E-state index is 0.363. The summed E-state index contributed by atoms with van der Waals surface area (Å²) in [6, 6.07) is 10.6. The van der Waals surface area contributed by atoms with Gasteiger partial charge in [0, 0.05) is 5.69 Å². The number of aryl methyl sites for hydroxylation is 1. The lowest BCUT2D eigenvalue weighted by atomic mass is 10.1. The van der Waals surface area contributed by atoms with Gasteiger partial charge in [0.25, 0.3) is 0 Å². The number of hydrogen-bond acceptors (Lipinski definition) is 5. The monoisotopic (exact) mass is 286 g/mol. The van der Waals surface area contributed by atoms with Gasteiger partial charge in [0.1, 0.15) is 0 Å². The zero-order valence-corrected chi connectivity index (χ0v) is 12.3. The van der Waals surface area contributed by atoms with Gasteiger partial charge >= 0.3 is 5.97 Å². The Balaban J connectivity index is 2.36. The molecule has 0 bridgehead atoms. The standard InChI is InChI=1S/C16H18N2O3/c1-11-9-13(14(20-2)10-17-11)18-15(16(19)21-3)12-7-5-4-6-8-12/h4-10,15H,1-3H3,(H,17,18). The van der Waals surface area contributed by atoms with E-state index in [0.717, 1.165) is 11.3 Å². The normalized spacial score (nSPS) is 11.6. The van der Waals surface area contributed by atoms with E-state index in [-0.39, 0.29) is 5.97 Å². The van der Waals surface area contributed by atoms with Gasteiger partial charge in [-0.05, 0) is 18.6 Å². The van der Waals surface area contributed by atoms with Crippen molar-refractivity contribution in [2.75, 3.05) is 19.5 Å². The number of esters is 1. The van der Waals surface area contributed by atoms with Gasteiger partial charge in [-0.15, -0.1) is 0 Å². The highest BCUT2D eigenvalue weighted by atomic mass is 16.5. The summed E-state index contributed by atoms with van der Waals surface area (Å²) in [4.78, 5) is 16.2. The van der Waals surface area contributed by atoms with Gasteiger partial charge in [-0.3, -0.25) is 4.98 Å². The van der Waals surface area contributed by atoms with Gasteiger partial charge in [0.15, 0.2) is 11.8 Å². The molecule has 0 aliphatic rings. The lowest BCUT2D eigenvalue weighted by molar-refractivity contribution is -0.141. The zero-order chi connectivity index (χ0) is 15.2. The molecule has 0 saturated carbocycles. The lowest BCUT2D eigenvalue weighted by Gasteiger charge is -2.19. The van der Waals surface area contributed by atoms with Crippen LogP contribution in [-0.4, -0.2) is 25.2 Å². The molecule has 1 aromatic carbocycles. The third-order valence-electron chi connectivity index (χ3n) is 3.09. The molecule has 5 nitrogen and oxygen atoms in total. The van der Waals surface area contributed by atoms with E-state index in [2.05, 4.69) is 10.3 Å². The van der Waals surface area contributed by atoms with E-state index in [1.54, 1.807) is 13.3 Å². The van der Waals surface area contributed by atoms with Gasteiger partial charge < -0.3 is 14.8 Å². The Morgan fingerprint density at radius 2 is 1.95 bits per heavy atom. The summed E-state index contributed by atoms with van der Waals surface area (Å²) < 4.78 is 10.2. The Morgan fingerprint density at radius 1 is 1.24 bits per heavy atom. The smallest absolute Gasteiger partial charge is 0.332 e. The maximum Gasteiger partial charge on any atom is 0.332 e. The number of aromatic nitrogens is 1. The average molecular weight is 286 g/mol. The SMILES string of the molecule is COC(=O)C(Nc1cc(C)ncc1OC)c1ccccc1. The number of ether oxygens (including phenoxy) is 2. The van der Waals surface area contributed by atoms with E-state index in [1.165, 1.54) is 7.11 Å². The number of methoxy groups -OCH3 is 2. The van der Waals surface area contributed by atoms with Crippen LogP contribution in [0.5, 0.6) is 5.75 Å². The van der Waals surface area contributed by atoms with Crippen LogP contribution in [0, 0.1) is 6.92 Å².